The molecule has 0 radical (unpaired) electrons. The smallest absolute Gasteiger partial charge is 0.142 e. The second kappa shape index (κ2) is 5.42. The number of piperidine rings is 1. The van der Waals surface area contributed by atoms with Gasteiger partial charge in [0.1, 0.15) is 5.82 Å². The van der Waals surface area contributed by atoms with Crippen molar-refractivity contribution in [2.24, 2.45) is 5.92 Å². The number of hydrogen-bond donors (Lipinski definition) is 0. The molecule has 1 aliphatic heterocycles. The van der Waals surface area contributed by atoms with Crippen LogP contribution in [0.5, 0.6) is 0 Å². The molecule has 0 bridgehead atoms. The molecule has 0 amide bonds. The van der Waals surface area contributed by atoms with E-state index in [0.29, 0.717) is 5.92 Å². The van der Waals surface area contributed by atoms with E-state index in [4.69, 9.17) is 11.6 Å². The second-order valence-corrected chi connectivity index (χ2v) is 4.37. The van der Waals surface area contributed by atoms with Crippen LogP contribution in [-0.4, -0.2) is 33.8 Å². The molecule has 1 unspecified atom stereocenters. The topological polar surface area (TPSA) is 29.0 Å². The highest BCUT2D eigenvalue weighted by Gasteiger charge is 2.19. The Balaban J connectivity index is 1.89. The Morgan fingerprint density at radius 2 is 2.20 bits per heavy atom. The second-order valence-electron chi connectivity index (χ2n) is 4.06. The third kappa shape index (κ3) is 3.14. The molecule has 2 rings (SSSR count). The number of aromatic nitrogens is 2. The first kappa shape index (κ1) is 10.8. The van der Waals surface area contributed by atoms with E-state index in [-0.39, 0.29) is 0 Å². The lowest BCUT2D eigenvalue weighted by Crippen LogP contribution is -2.36. The first-order chi connectivity index (χ1) is 7.38. The van der Waals surface area contributed by atoms with Gasteiger partial charge in [0.2, 0.25) is 0 Å². The van der Waals surface area contributed by atoms with Crippen LogP contribution in [0.4, 0.5) is 0 Å². The van der Waals surface area contributed by atoms with Crippen LogP contribution < -0.4 is 0 Å². The van der Waals surface area contributed by atoms with Crippen molar-refractivity contribution >= 4 is 11.6 Å². The lowest BCUT2D eigenvalue weighted by Gasteiger charge is -2.30. The van der Waals surface area contributed by atoms with E-state index in [1.807, 2.05) is 6.07 Å². The van der Waals surface area contributed by atoms with E-state index >= 15 is 0 Å². The summed E-state index contributed by atoms with van der Waals surface area (Å²) in [5, 5.41) is 0. The Morgan fingerprint density at radius 1 is 1.40 bits per heavy atom. The molecule has 1 aromatic heterocycles. The molecule has 0 spiro atoms. The summed E-state index contributed by atoms with van der Waals surface area (Å²) in [5.41, 5.74) is 0. The van der Waals surface area contributed by atoms with Crippen molar-refractivity contribution in [3.05, 3.63) is 24.3 Å². The van der Waals surface area contributed by atoms with Gasteiger partial charge >= 0.3 is 0 Å². The highest BCUT2D eigenvalue weighted by atomic mass is 35.5. The molecule has 1 fully saturated rings. The maximum Gasteiger partial charge on any atom is 0.142 e. The van der Waals surface area contributed by atoms with Crippen molar-refractivity contribution in [1.82, 2.24) is 14.9 Å². The largest absolute Gasteiger partial charge is 0.296 e. The molecule has 1 aromatic rings. The number of halogens is 1. The highest BCUT2D eigenvalue weighted by Crippen LogP contribution is 2.18. The van der Waals surface area contributed by atoms with Crippen molar-refractivity contribution in [3.8, 4) is 0 Å². The quantitative estimate of drug-likeness (QED) is 0.737. The summed E-state index contributed by atoms with van der Waals surface area (Å²) in [7, 11) is 0. The first-order valence-electron chi connectivity index (χ1n) is 5.42. The lowest BCUT2D eigenvalue weighted by molar-refractivity contribution is 0.174. The van der Waals surface area contributed by atoms with Crippen molar-refractivity contribution in [1.29, 1.82) is 0 Å². The van der Waals surface area contributed by atoms with Gasteiger partial charge in [0.25, 0.3) is 0 Å². The van der Waals surface area contributed by atoms with Gasteiger partial charge < -0.3 is 0 Å². The number of likely N-dealkylation sites (tertiary alicyclic amines) is 1. The number of nitrogens with zero attached hydrogens (tertiary/aromatic N) is 3. The van der Waals surface area contributed by atoms with Crippen LogP contribution in [0.15, 0.2) is 18.5 Å². The minimum absolute atomic E-state index is 0.643. The van der Waals surface area contributed by atoms with Crippen LogP contribution in [0, 0.1) is 5.92 Å². The SMILES string of the molecule is ClCC1CCCN(Cc2ncccn2)C1. The highest BCUT2D eigenvalue weighted by molar-refractivity contribution is 6.18. The fourth-order valence-corrected chi connectivity index (χ4v) is 2.28. The molecule has 0 saturated carbocycles. The number of rotatable bonds is 3. The van der Waals surface area contributed by atoms with Crippen molar-refractivity contribution in [3.63, 3.8) is 0 Å². The fraction of sp³-hybridized carbons (Fsp3) is 0.636. The van der Waals surface area contributed by atoms with Crippen molar-refractivity contribution < 1.29 is 0 Å². The molecule has 3 nitrogen and oxygen atoms in total. The van der Waals surface area contributed by atoms with Gasteiger partial charge in [0.05, 0.1) is 6.54 Å². The van der Waals surface area contributed by atoms with Crippen LogP contribution in [-0.2, 0) is 6.54 Å². The Hall–Kier alpha value is -0.670. The average Bonchev–Trinajstić information content (AvgIpc) is 2.31. The maximum atomic E-state index is 5.89. The van der Waals surface area contributed by atoms with E-state index in [9.17, 15) is 0 Å². The van der Waals surface area contributed by atoms with Gasteiger partial charge in [-0.25, -0.2) is 9.97 Å². The molecule has 4 heteroatoms. The Bertz CT molecular complexity index is 291. The van der Waals surface area contributed by atoms with Gasteiger partial charge in [0.15, 0.2) is 0 Å². The standard InChI is InChI=1S/C11H16ClN3/c12-7-10-3-1-6-15(8-10)9-11-13-4-2-5-14-11/h2,4-5,10H,1,3,6-9H2. The van der Waals surface area contributed by atoms with E-state index in [2.05, 4.69) is 14.9 Å². The van der Waals surface area contributed by atoms with E-state index in [1.165, 1.54) is 12.8 Å². The van der Waals surface area contributed by atoms with Crippen LogP contribution in [0.2, 0.25) is 0 Å². The Morgan fingerprint density at radius 3 is 2.93 bits per heavy atom. The predicted molar refractivity (Wildman–Crippen MR) is 60.8 cm³/mol. The third-order valence-corrected chi connectivity index (χ3v) is 3.24. The summed E-state index contributed by atoms with van der Waals surface area (Å²) in [6, 6.07) is 1.85. The van der Waals surface area contributed by atoms with E-state index in [0.717, 1.165) is 31.3 Å². The normalized spacial score (nSPS) is 22.9. The number of alkyl halides is 1. The number of hydrogen-bond acceptors (Lipinski definition) is 3. The van der Waals surface area contributed by atoms with Crippen molar-refractivity contribution in [2.75, 3.05) is 19.0 Å². The molecule has 0 aliphatic carbocycles. The summed E-state index contributed by atoms with van der Waals surface area (Å²) in [4.78, 5) is 10.9. The molecule has 82 valence electrons. The summed E-state index contributed by atoms with van der Waals surface area (Å²) in [5.74, 6) is 2.32. The fourth-order valence-electron chi connectivity index (χ4n) is 2.03. The molecule has 0 N–H and O–H groups in total. The lowest BCUT2D eigenvalue weighted by atomic mass is 10.0. The first-order valence-corrected chi connectivity index (χ1v) is 5.96. The van der Waals surface area contributed by atoms with Gasteiger partial charge in [-0.3, -0.25) is 4.90 Å². The van der Waals surface area contributed by atoms with E-state index < -0.39 is 0 Å². The molecular formula is C11H16ClN3. The third-order valence-electron chi connectivity index (χ3n) is 2.81. The predicted octanol–water partition coefficient (Wildman–Crippen LogP) is 1.93. The Kier molecular flexibility index (Phi) is 3.92. The van der Waals surface area contributed by atoms with Gasteiger partial charge in [0, 0.05) is 24.8 Å². The molecule has 15 heavy (non-hydrogen) atoms. The van der Waals surface area contributed by atoms with Crippen LogP contribution in [0.1, 0.15) is 18.7 Å². The Labute approximate surface area is 95.5 Å². The molecule has 0 aromatic carbocycles. The summed E-state index contributed by atoms with van der Waals surface area (Å²) < 4.78 is 0. The van der Waals surface area contributed by atoms with Gasteiger partial charge in [-0.05, 0) is 31.4 Å². The van der Waals surface area contributed by atoms with Crippen LogP contribution in [0.25, 0.3) is 0 Å². The van der Waals surface area contributed by atoms with Crippen LogP contribution >= 0.6 is 11.6 Å². The van der Waals surface area contributed by atoms with Crippen LogP contribution in [0.3, 0.4) is 0 Å². The zero-order chi connectivity index (χ0) is 10.5. The summed E-state index contributed by atoms with van der Waals surface area (Å²) in [6.07, 6.45) is 6.09. The molecule has 1 atom stereocenters. The molecule has 1 aliphatic rings. The average molecular weight is 226 g/mol. The monoisotopic (exact) mass is 225 g/mol. The van der Waals surface area contributed by atoms with Gasteiger partial charge in [-0.1, -0.05) is 0 Å². The van der Waals surface area contributed by atoms with E-state index in [1.54, 1.807) is 12.4 Å². The van der Waals surface area contributed by atoms with Gasteiger partial charge in [-0.15, -0.1) is 11.6 Å². The maximum absolute atomic E-state index is 5.89. The van der Waals surface area contributed by atoms with Gasteiger partial charge in [-0.2, -0.15) is 0 Å². The minimum Gasteiger partial charge on any atom is -0.296 e. The molecule has 1 saturated heterocycles. The minimum atomic E-state index is 0.643. The van der Waals surface area contributed by atoms with Crippen molar-refractivity contribution in [2.45, 2.75) is 19.4 Å². The molecular weight excluding hydrogens is 210 g/mol. The zero-order valence-electron chi connectivity index (χ0n) is 8.77. The molecule has 2 heterocycles. The summed E-state index contributed by atoms with van der Waals surface area (Å²) >= 11 is 5.89. The summed E-state index contributed by atoms with van der Waals surface area (Å²) in [6.45, 7) is 3.08. The zero-order valence-corrected chi connectivity index (χ0v) is 9.53.